The molecule has 2 aromatic rings. The van der Waals surface area contributed by atoms with Crippen LogP contribution in [0.4, 0.5) is 13.2 Å². The Hall–Kier alpha value is -2.02. The van der Waals surface area contributed by atoms with E-state index in [2.05, 4.69) is 5.16 Å². The Kier molecular flexibility index (Phi) is 3.47. The summed E-state index contributed by atoms with van der Waals surface area (Å²) in [7, 11) is 0. The minimum Gasteiger partial charge on any atom is -0.477 e. The van der Waals surface area contributed by atoms with Crippen molar-refractivity contribution in [2.75, 3.05) is 0 Å². The maximum Gasteiger partial charge on any atom is 0.416 e. The van der Waals surface area contributed by atoms with Crippen LogP contribution in [0, 0.1) is 6.92 Å². The molecule has 8 heteroatoms. The van der Waals surface area contributed by atoms with Gasteiger partial charge in [-0.05, 0) is 19.1 Å². The minimum atomic E-state index is -4.53. The molecule has 1 aromatic carbocycles. The van der Waals surface area contributed by atoms with Crippen LogP contribution in [-0.2, 0) is 6.18 Å². The van der Waals surface area contributed by atoms with Crippen LogP contribution >= 0.6 is 11.6 Å². The van der Waals surface area contributed by atoms with Crippen molar-refractivity contribution in [1.29, 1.82) is 0 Å². The zero-order valence-electron chi connectivity index (χ0n) is 9.95. The normalized spacial score (nSPS) is 11.7. The predicted octanol–water partition coefficient (Wildman–Crippen LogP) is 4.02. The van der Waals surface area contributed by atoms with Crippen LogP contribution in [0.3, 0.4) is 0 Å². The number of aromatic nitrogens is 1. The first-order valence-corrected chi connectivity index (χ1v) is 5.66. The standard InChI is InChI=1S/C12H7ClF3NO3/c1-5-9(11(18)19)10(17-20-5)7-3-2-6(4-8(7)13)12(14,15)16/h2-4H,1H3,(H,18,19). The second kappa shape index (κ2) is 4.82. The van der Waals surface area contributed by atoms with Crippen molar-refractivity contribution >= 4 is 17.6 Å². The number of rotatable bonds is 2. The fraction of sp³-hybridized carbons (Fsp3) is 0.167. The Morgan fingerprint density at radius 1 is 1.40 bits per heavy atom. The molecule has 1 heterocycles. The summed E-state index contributed by atoms with van der Waals surface area (Å²) in [6, 6.07) is 2.58. The SMILES string of the molecule is Cc1onc(-c2ccc(C(F)(F)F)cc2Cl)c1C(=O)O. The highest BCUT2D eigenvalue weighted by Crippen LogP contribution is 2.36. The Bertz CT molecular complexity index is 679. The molecule has 0 saturated heterocycles. The van der Waals surface area contributed by atoms with Gasteiger partial charge in [0.1, 0.15) is 17.0 Å². The fourth-order valence-electron chi connectivity index (χ4n) is 1.69. The first-order chi connectivity index (χ1) is 9.21. The lowest BCUT2D eigenvalue weighted by molar-refractivity contribution is -0.137. The van der Waals surface area contributed by atoms with Gasteiger partial charge in [-0.15, -0.1) is 0 Å². The maximum absolute atomic E-state index is 12.5. The van der Waals surface area contributed by atoms with Gasteiger partial charge in [-0.2, -0.15) is 13.2 Å². The van der Waals surface area contributed by atoms with E-state index in [0.29, 0.717) is 6.07 Å². The summed E-state index contributed by atoms with van der Waals surface area (Å²) in [6.07, 6.45) is -4.53. The fourth-order valence-corrected chi connectivity index (χ4v) is 1.96. The first-order valence-electron chi connectivity index (χ1n) is 5.28. The summed E-state index contributed by atoms with van der Waals surface area (Å²) in [6.45, 7) is 1.39. The predicted molar refractivity (Wildman–Crippen MR) is 63.6 cm³/mol. The van der Waals surface area contributed by atoms with Crippen LogP contribution in [0.1, 0.15) is 21.7 Å². The number of alkyl halides is 3. The lowest BCUT2D eigenvalue weighted by Crippen LogP contribution is -2.05. The third-order valence-electron chi connectivity index (χ3n) is 2.63. The number of carbonyl (C=O) groups is 1. The smallest absolute Gasteiger partial charge is 0.416 e. The van der Waals surface area contributed by atoms with E-state index in [9.17, 15) is 18.0 Å². The van der Waals surface area contributed by atoms with Crippen LogP contribution in [0.2, 0.25) is 5.02 Å². The monoisotopic (exact) mass is 305 g/mol. The van der Waals surface area contributed by atoms with Gasteiger partial charge in [-0.25, -0.2) is 4.79 Å². The molecule has 4 nitrogen and oxygen atoms in total. The zero-order valence-corrected chi connectivity index (χ0v) is 10.7. The summed E-state index contributed by atoms with van der Waals surface area (Å²) in [4.78, 5) is 11.1. The van der Waals surface area contributed by atoms with Gasteiger partial charge in [0.2, 0.25) is 0 Å². The Balaban J connectivity index is 2.58. The van der Waals surface area contributed by atoms with Crippen molar-refractivity contribution in [2.24, 2.45) is 0 Å². The topological polar surface area (TPSA) is 63.3 Å². The molecule has 0 fully saturated rings. The average Bonchev–Trinajstić information content (AvgIpc) is 2.69. The van der Waals surface area contributed by atoms with Gasteiger partial charge in [0, 0.05) is 5.56 Å². The molecule has 0 saturated carbocycles. The third kappa shape index (κ3) is 2.49. The summed E-state index contributed by atoms with van der Waals surface area (Å²) in [5, 5.41) is 12.3. The number of hydrogen-bond acceptors (Lipinski definition) is 3. The molecular formula is C12H7ClF3NO3. The van der Waals surface area contributed by atoms with Crippen LogP contribution in [0.15, 0.2) is 22.7 Å². The quantitative estimate of drug-likeness (QED) is 0.910. The molecule has 0 unspecified atom stereocenters. The van der Waals surface area contributed by atoms with Gasteiger partial charge in [-0.1, -0.05) is 22.8 Å². The molecule has 0 atom stereocenters. The molecular weight excluding hydrogens is 299 g/mol. The molecule has 1 aromatic heterocycles. The Morgan fingerprint density at radius 2 is 2.05 bits per heavy atom. The van der Waals surface area contributed by atoms with E-state index in [1.165, 1.54) is 6.92 Å². The Morgan fingerprint density at radius 3 is 2.55 bits per heavy atom. The lowest BCUT2D eigenvalue weighted by Gasteiger charge is -2.08. The highest BCUT2D eigenvalue weighted by Gasteiger charge is 2.31. The molecule has 0 radical (unpaired) electrons. The summed E-state index contributed by atoms with van der Waals surface area (Å²) in [5.41, 5.74) is -1.20. The number of halogens is 4. The van der Waals surface area contributed by atoms with Gasteiger partial charge >= 0.3 is 12.1 Å². The maximum atomic E-state index is 12.5. The lowest BCUT2D eigenvalue weighted by atomic mass is 10.0. The summed E-state index contributed by atoms with van der Waals surface area (Å²) in [5.74, 6) is -1.25. The number of aromatic carboxylic acids is 1. The van der Waals surface area contributed by atoms with Crippen molar-refractivity contribution in [1.82, 2.24) is 5.16 Å². The highest BCUT2D eigenvalue weighted by molar-refractivity contribution is 6.33. The largest absolute Gasteiger partial charge is 0.477 e. The molecule has 0 amide bonds. The van der Waals surface area contributed by atoms with Gasteiger partial charge in [-0.3, -0.25) is 0 Å². The van der Waals surface area contributed by atoms with Crippen molar-refractivity contribution < 1.29 is 27.6 Å². The van der Waals surface area contributed by atoms with Gasteiger partial charge in [0.15, 0.2) is 0 Å². The number of hydrogen-bond donors (Lipinski definition) is 1. The van der Waals surface area contributed by atoms with E-state index < -0.39 is 17.7 Å². The van der Waals surface area contributed by atoms with E-state index >= 15 is 0 Å². The summed E-state index contributed by atoms with van der Waals surface area (Å²) < 4.78 is 42.3. The van der Waals surface area contributed by atoms with Crippen molar-refractivity contribution in [3.8, 4) is 11.3 Å². The number of carboxylic acid groups (broad SMARTS) is 1. The van der Waals surface area contributed by atoms with Crippen LogP contribution < -0.4 is 0 Å². The third-order valence-corrected chi connectivity index (χ3v) is 2.94. The second-order valence-corrected chi connectivity index (χ2v) is 4.37. The number of carboxylic acids is 1. The molecule has 0 bridgehead atoms. The van der Waals surface area contributed by atoms with E-state index in [1.807, 2.05) is 0 Å². The number of nitrogens with zero attached hydrogens (tertiary/aromatic N) is 1. The molecule has 1 N–H and O–H groups in total. The van der Waals surface area contributed by atoms with Gasteiger partial charge in [0.05, 0.1) is 10.6 Å². The highest BCUT2D eigenvalue weighted by atomic mass is 35.5. The molecule has 0 aliphatic rings. The molecule has 0 aliphatic heterocycles. The minimum absolute atomic E-state index is 0.0449. The number of benzene rings is 1. The average molecular weight is 306 g/mol. The molecule has 20 heavy (non-hydrogen) atoms. The van der Waals surface area contributed by atoms with E-state index in [1.54, 1.807) is 0 Å². The van der Waals surface area contributed by atoms with Crippen LogP contribution in [0.5, 0.6) is 0 Å². The van der Waals surface area contributed by atoms with E-state index in [0.717, 1.165) is 12.1 Å². The molecule has 0 spiro atoms. The van der Waals surface area contributed by atoms with Crippen molar-refractivity contribution in [3.05, 3.63) is 40.1 Å². The van der Waals surface area contributed by atoms with E-state index in [4.69, 9.17) is 21.2 Å². The van der Waals surface area contributed by atoms with Crippen molar-refractivity contribution in [3.63, 3.8) is 0 Å². The van der Waals surface area contributed by atoms with Crippen LogP contribution in [-0.4, -0.2) is 16.2 Å². The molecule has 0 aliphatic carbocycles. The van der Waals surface area contributed by atoms with Crippen LogP contribution in [0.25, 0.3) is 11.3 Å². The van der Waals surface area contributed by atoms with E-state index in [-0.39, 0.29) is 27.6 Å². The van der Waals surface area contributed by atoms with Crippen molar-refractivity contribution in [2.45, 2.75) is 13.1 Å². The summed E-state index contributed by atoms with van der Waals surface area (Å²) >= 11 is 5.78. The molecule has 106 valence electrons. The first kappa shape index (κ1) is 14.4. The number of aryl methyl sites for hydroxylation is 1. The van der Waals surface area contributed by atoms with Gasteiger partial charge < -0.3 is 9.63 Å². The Labute approximate surface area is 115 Å². The zero-order chi connectivity index (χ0) is 15.1. The second-order valence-electron chi connectivity index (χ2n) is 3.96. The van der Waals surface area contributed by atoms with Gasteiger partial charge in [0.25, 0.3) is 0 Å². The molecule has 2 rings (SSSR count).